The number of anilines is 1. The molecular formula is C28H27F9N2O5. The molecule has 242 valence electrons. The topological polar surface area (TPSA) is 68.3 Å². The number of alkyl halides is 9. The maximum Gasteiger partial charge on any atom is 0.416 e. The molecule has 0 radical (unpaired) electrons. The van der Waals surface area contributed by atoms with Crippen molar-refractivity contribution in [3.63, 3.8) is 0 Å². The van der Waals surface area contributed by atoms with Crippen LogP contribution >= 0.6 is 0 Å². The smallest absolute Gasteiger partial charge is 0.416 e. The van der Waals surface area contributed by atoms with Crippen molar-refractivity contribution in [2.45, 2.75) is 63.5 Å². The number of hydrogen-bond donors (Lipinski definition) is 0. The number of hydrogen-bond acceptors (Lipinski definition) is 5. The first kappa shape index (κ1) is 33.2. The van der Waals surface area contributed by atoms with Crippen LogP contribution in [0.4, 0.5) is 54.8 Å². The highest BCUT2D eigenvalue weighted by Crippen LogP contribution is 2.46. The summed E-state index contributed by atoms with van der Waals surface area (Å²) in [5.74, 6) is 0.114. The number of methoxy groups -OCH3 is 1. The third kappa shape index (κ3) is 7.50. The number of fused-ring (bicyclic) bond motifs is 1. The third-order valence-corrected chi connectivity index (χ3v) is 7.16. The fraction of sp³-hybridized carbons (Fsp3) is 0.500. The van der Waals surface area contributed by atoms with Crippen LogP contribution in [0.15, 0.2) is 36.4 Å². The number of halogens is 9. The highest BCUT2D eigenvalue weighted by molar-refractivity contribution is 5.90. The van der Waals surface area contributed by atoms with Crippen LogP contribution in [0, 0.1) is 5.92 Å². The Bertz CT molecular complexity index is 1340. The minimum Gasteiger partial charge on any atom is -0.453 e. The molecule has 2 atom stereocenters. The molecule has 2 aromatic rings. The van der Waals surface area contributed by atoms with Crippen molar-refractivity contribution in [1.82, 2.24) is 4.90 Å². The van der Waals surface area contributed by atoms with Crippen LogP contribution < -0.4 is 4.90 Å². The van der Waals surface area contributed by atoms with E-state index >= 15 is 0 Å². The van der Waals surface area contributed by atoms with E-state index in [0.29, 0.717) is 24.3 Å². The molecule has 0 spiro atoms. The molecule has 2 aliphatic rings. The average molecular weight is 643 g/mol. The molecule has 16 heteroatoms. The van der Waals surface area contributed by atoms with Crippen LogP contribution in [0.5, 0.6) is 0 Å². The minimum atomic E-state index is -5.17. The second kappa shape index (κ2) is 12.4. The highest BCUT2D eigenvalue weighted by atomic mass is 19.4. The molecular weight excluding hydrogens is 615 g/mol. The lowest BCUT2D eigenvalue weighted by Crippen LogP contribution is -2.50. The number of carbonyl (C=O) groups excluding carboxylic acids is 2. The van der Waals surface area contributed by atoms with Gasteiger partial charge in [-0.2, -0.15) is 39.5 Å². The number of carbonyl (C=O) groups is 2. The number of nitrogens with zero attached hydrogens (tertiary/aromatic N) is 2. The van der Waals surface area contributed by atoms with E-state index in [4.69, 9.17) is 14.2 Å². The lowest BCUT2D eigenvalue weighted by atomic mass is 9.92. The van der Waals surface area contributed by atoms with Gasteiger partial charge in [-0.3, -0.25) is 9.80 Å². The van der Waals surface area contributed by atoms with E-state index < -0.39 is 71.8 Å². The molecule has 2 unspecified atom stereocenters. The molecule has 1 fully saturated rings. The number of benzene rings is 2. The molecule has 44 heavy (non-hydrogen) atoms. The van der Waals surface area contributed by atoms with Gasteiger partial charge in [0.2, 0.25) is 0 Å². The van der Waals surface area contributed by atoms with E-state index in [9.17, 15) is 49.1 Å². The van der Waals surface area contributed by atoms with Crippen molar-refractivity contribution in [3.05, 3.63) is 64.2 Å². The van der Waals surface area contributed by atoms with E-state index in [-0.39, 0.29) is 42.9 Å². The standard InChI is InChI=1S/C28H27F9N2O5/c1-3-43-25(41)39-22-11-17(26(29,30)31)6-7-20(22)21(12-23(39)44-14-15-4-5-15)38(24(40)42-2)13-16-8-18(27(32,33)34)10-19(9-16)28(35,36)37/h6-11,15,21,23H,3-5,12-14H2,1-2H3. The van der Waals surface area contributed by atoms with Crippen molar-refractivity contribution in [2.75, 3.05) is 25.2 Å². The van der Waals surface area contributed by atoms with Crippen LogP contribution in [0.1, 0.15) is 60.0 Å². The van der Waals surface area contributed by atoms with E-state index in [1.165, 1.54) is 6.92 Å². The quantitative estimate of drug-likeness (QED) is 0.285. The maximum atomic E-state index is 13.8. The Hall–Kier alpha value is -3.69. The van der Waals surface area contributed by atoms with Gasteiger partial charge in [0.15, 0.2) is 0 Å². The van der Waals surface area contributed by atoms with Crippen molar-refractivity contribution in [1.29, 1.82) is 0 Å². The van der Waals surface area contributed by atoms with E-state index in [2.05, 4.69) is 0 Å². The summed E-state index contributed by atoms with van der Waals surface area (Å²) >= 11 is 0. The summed E-state index contributed by atoms with van der Waals surface area (Å²) in [4.78, 5) is 27.7. The predicted molar refractivity (Wildman–Crippen MR) is 135 cm³/mol. The molecule has 2 amide bonds. The molecule has 1 aliphatic heterocycles. The lowest BCUT2D eigenvalue weighted by molar-refractivity contribution is -0.143. The van der Waals surface area contributed by atoms with Gasteiger partial charge in [-0.05, 0) is 67.1 Å². The van der Waals surface area contributed by atoms with Crippen molar-refractivity contribution >= 4 is 17.9 Å². The minimum absolute atomic E-state index is 0.0641. The molecule has 0 N–H and O–H groups in total. The molecule has 1 saturated carbocycles. The monoisotopic (exact) mass is 642 g/mol. The lowest BCUT2D eigenvalue weighted by Gasteiger charge is -2.43. The van der Waals surface area contributed by atoms with Crippen molar-refractivity contribution in [3.8, 4) is 0 Å². The fourth-order valence-electron chi connectivity index (χ4n) is 4.89. The Morgan fingerprint density at radius 3 is 1.98 bits per heavy atom. The largest absolute Gasteiger partial charge is 0.453 e. The second-order valence-electron chi connectivity index (χ2n) is 10.3. The van der Waals surface area contributed by atoms with E-state index in [0.717, 1.165) is 35.8 Å². The highest BCUT2D eigenvalue weighted by Gasteiger charge is 2.44. The van der Waals surface area contributed by atoms with Crippen molar-refractivity contribution < 1.29 is 63.3 Å². The Morgan fingerprint density at radius 1 is 0.886 bits per heavy atom. The van der Waals surface area contributed by atoms with Gasteiger partial charge in [-0.25, -0.2) is 9.59 Å². The first-order valence-electron chi connectivity index (χ1n) is 13.4. The summed E-state index contributed by atoms with van der Waals surface area (Å²) in [6.07, 6.45) is -17.5. The molecule has 0 saturated heterocycles. The van der Waals surface area contributed by atoms with Gasteiger partial charge in [-0.1, -0.05) is 6.07 Å². The summed E-state index contributed by atoms with van der Waals surface area (Å²) in [6.45, 7) is 0.566. The van der Waals surface area contributed by atoms with Gasteiger partial charge < -0.3 is 14.2 Å². The molecule has 0 aromatic heterocycles. The van der Waals surface area contributed by atoms with Crippen LogP contribution in [0.25, 0.3) is 0 Å². The summed E-state index contributed by atoms with van der Waals surface area (Å²) < 4.78 is 138. The fourth-order valence-corrected chi connectivity index (χ4v) is 4.89. The third-order valence-electron chi connectivity index (χ3n) is 7.16. The zero-order valence-electron chi connectivity index (χ0n) is 23.3. The number of rotatable bonds is 7. The number of ether oxygens (including phenoxy) is 3. The van der Waals surface area contributed by atoms with Gasteiger partial charge in [0.25, 0.3) is 0 Å². The average Bonchev–Trinajstić information content (AvgIpc) is 3.76. The normalized spacial score (nSPS) is 18.9. The second-order valence-corrected chi connectivity index (χ2v) is 10.3. The number of amides is 2. The van der Waals surface area contributed by atoms with Crippen molar-refractivity contribution in [2.24, 2.45) is 5.92 Å². The molecule has 2 aromatic carbocycles. The van der Waals surface area contributed by atoms with Crippen LogP contribution in [-0.2, 0) is 39.3 Å². The summed E-state index contributed by atoms with van der Waals surface area (Å²) in [6, 6.07) is 1.81. The molecule has 1 aliphatic carbocycles. The van der Waals surface area contributed by atoms with Gasteiger partial charge in [-0.15, -0.1) is 0 Å². The van der Waals surface area contributed by atoms with Crippen LogP contribution in [0.3, 0.4) is 0 Å². The van der Waals surface area contributed by atoms with E-state index in [1.54, 1.807) is 0 Å². The SMILES string of the molecule is CCOC(=O)N1c2cc(C(F)(F)F)ccc2C(N(Cc2cc(C(F)(F)F)cc(C(F)(F)F)c2)C(=O)OC)CC1OCC1CC1. The zero-order valence-corrected chi connectivity index (χ0v) is 23.3. The molecule has 4 rings (SSSR count). The summed E-state index contributed by atoms with van der Waals surface area (Å²) in [5.41, 5.74) is -5.40. The molecule has 0 bridgehead atoms. The first-order chi connectivity index (χ1) is 20.4. The van der Waals surface area contributed by atoms with Crippen LogP contribution in [-0.4, -0.2) is 43.6 Å². The zero-order chi connectivity index (χ0) is 32.6. The van der Waals surface area contributed by atoms with Crippen LogP contribution in [0.2, 0.25) is 0 Å². The van der Waals surface area contributed by atoms with Gasteiger partial charge in [0.1, 0.15) is 6.23 Å². The Labute approximate surface area is 245 Å². The Kier molecular flexibility index (Phi) is 9.33. The maximum absolute atomic E-state index is 13.8. The van der Waals surface area contributed by atoms with Gasteiger partial charge in [0.05, 0.1) is 48.7 Å². The first-order valence-corrected chi connectivity index (χ1v) is 13.4. The van der Waals surface area contributed by atoms with Gasteiger partial charge in [0, 0.05) is 13.0 Å². The summed E-state index contributed by atoms with van der Waals surface area (Å²) in [5, 5.41) is 0. The Morgan fingerprint density at radius 2 is 1.48 bits per heavy atom. The van der Waals surface area contributed by atoms with Gasteiger partial charge >= 0.3 is 30.7 Å². The van der Waals surface area contributed by atoms with E-state index in [1.807, 2.05) is 0 Å². The Balaban J connectivity index is 1.86. The molecule has 7 nitrogen and oxygen atoms in total. The molecule has 1 heterocycles. The predicted octanol–water partition coefficient (Wildman–Crippen LogP) is 8.17. The summed E-state index contributed by atoms with van der Waals surface area (Å²) in [7, 11) is 0.922.